The molecule has 0 unspecified atom stereocenters. The number of nitrogens with two attached hydrogens (primary N) is 1. The first-order valence-electron chi connectivity index (χ1n) is 10.8. The van der Waals surface area contributed by atoms with Gasteiger partial charge in [-0.05, 0) is 55.5 Å². The molecule has 8 heteroatoms. The summed E-state index contributed by atoms with van der Waals surface area (Å²) >= 11 is 0. The van der Waals surface area contributed by atoms with Crippen molar-refractivity contribution in [1.82, 2.24) is 19.5 Å². The first-order valence-corrected chi connectivity index (χ1v) is 10.8. The molecule has 0 atom stereocenters. The number of oxazole rings is 1. The number of aromatic nitrogens is 4. The van der Waals surface area contributed by atoms with Crippen LogP contribution in [-0.2, 0) is 4.74 Å². The zero-order valence-electron chi connectivity index (χ0n) is 18.2. The van der Waals surface area contributed by atoms with Crippen LogP contribution in [0.1, 0.15) is 17.3 Å². The highest BCUT2D eigenvalue weighted by atomic mass is 16.5. The maximum atomic E-state index is 12.8. The van der Waals surface area contributed by atoms with Gasteiger partial charge in [0.2, 0.25) is 5.89 Å². The van der Waals surface area contributed by atoms with Gasteiger partial charge in [-0.15, -0.1) is 0 Å². The number of fused-ring (bicyclic) bond motifs is 3. The lowest BCUT2D eigenvalue weighted by Crippen LogP contribution is -2.09. The average Bonchev–Trinajstić information content (AvgIpc) is 3.41. The van der Waals surface area contributed by atoms with E-state index in [4.69, 9.17) is 19.9 Å². The van der Waals surface area contributed by atoms with E-state index in [9.17, 15) is 4.79 Å². The van der Waals surface area contributed by atoms with Crippen LogP contribution >= 0.6 is 0 Å². The van der Waals surface area contributed by atoms with Gasteiger partial charge in [0.15, 0.2) is 11.2 Å². The zero-order valence-corrected chi connectivity index (χ0v) is 18.2. The smallest absolute Gasteiger partial charge is 0.344 e. The Morgan fingerprint density at radius 3 is 2.29 bits per heavy atom. The van der Waals surface area contributed by atoms with E-state index < -0.39 is 5.97 Å². The highest BCUT2D eigenvalue weighted by molar-refractivity contribution is 6.09. The number of esters is 1. The molecule has 0 saturated heterocycles. The molecule has 6 rings (SSSR count). The van der Waals surface area contributed by atoms with Crippen LogP contribution in [0.2, 0.25) is 0 Å². The number of hydrogen-bond donors (Lipinski definition) is 1. The van der Waals surface area contributed by atoms with Gasteiger partial charge in [0.25, 0.3) is 0 Å². The van der Waals surface area contributed by atoms with Gasteiger partial charge in [0, 0.05) is 11.3 Å². The van der Waals surface area contributed by atoms with Crippen molar-refractivity contribution in [3.63, 3.8) is 0 Å². The number of nitrogens with zero attached hydrogens (tertiary/aromatic N) is 4. The Kier molecular flexibility index (Phi) is 4.51. The van der Waals surface area contributed by atoms with Crippen molar-refractivity contribution in [1.29, 1.82) is 0 Å². The number of benzene rings is 3. The van der Waals surface area contributed by atoms with Crippen molar-refractivity contribution < 1.29 is 13.9 Å². The van der Waals surface area contributed by atoms with Crippen LogP contribution < -0.4 is 5.73 Å². The fraction of sp³-hybridized carbons (Fsp3) is 0.0769. The number of rotatable bonds is 4. The van der Waals surface area contributed by atoms with Crippen molar-refractivity contribution >= 4 is 45.1 Å². The van der Waals surface area contributed by atoms with E-state index in [1.165, 1.54) is 0 Å². The van der Waals surface area contributed by atoms with E-state index in [0.29, 0.717) is 28.1 Å². The van der Waals surface area contributed by atoms with E-state index in [1.54, 1.807) is 11.5 Å². The number of carbonyl (C=O) groups excluding carboxylic acids is 1. The van der Waals surface area contributed by atoms with Gasteiger partial charge in [-0.25, -0.2) is 19.7 Å². The molecular weight excluding hydrogens is 430 g/mol. The minimum atomic E-state index is -0.531. The first kappa shape index (κ1) is 19.9. The topological polar surface area (TPSA) is 109 Å². The van der Waals surface area contributed by atoms with Crippen LogP contribution in [0, 0.1) is 0 Å². The maximum Gasteiger partial charge on any atom is 0.344 e. The van der Waals surface area contributed by atoms with Gasteiger partial charge in [-0.3, -0.25) is 4.57 Å². The minimum Gasteiger partial charge on any atom is -0.462 e. The lowest BCUT2D eigenvalue weighted by molar-refractivity contribution is 0.0529. The summed E-state index contributed by atoms with van der Waals surface area (Å²) in [6.07, 6.45) is 0. The van der Waals surface area contributed by atoms with Gasteiger partial charge in [-0.2, -0.15) is 0 Å². The van der Waals surface area contributed by atoms with E-state index in [1.807, 2.05) is 72.8 Å². The number of para-hydroxylation sites is 4. The second-order valence-electron chi connectivity index (χ2n) is 7.73. The standard InChI is InChI=1S/C26H19N5O3/c1-2-33-26(32)21-22-24(29-18-8-4-3-7-17(18)28-22)31(23(21)27)16-13-11-15(12-14-16)25-30-19-9-5-6-10-20(19)34-25/h3-14H,2,27H2,1H3. The summed E-state index contributed by atoms with van der Waals surface area (Å²) in [7, 11) is 0. The number of nitrogen functional groups attached to an aromatic ring is 1. The third-order valence-corrected chi connectivity index (χ3v) is 5.64. The molecule has 0 aliphatic rings. The Morgan fingerprint density at radius 1 is 0.912 bits per heavy atom. The Bertz CT molecular complexity index is 1670. The summed E-state index contributed by atoms with van der Waals surface area (Å²) in [5, 5.41) is 0. The summed E-state index contributed by atoms with van der Waals surface area (Å²) < 4.78 is 12.9. The Hall–Kier alpha value is -4.72. The van der Waals surface area contributed by atoms with Gasteiger partial charge in [0.1, 0.15) is 22.4 Å². The molecule has 6 aromatic rings. The van der Waals surface area contributed by atoms with E-state index >= 15 is 0 Å². The molecule has 0 saturated carbocycles. The monoisotopic (exact) mass is 449 g/mol. The van der Waals surface area contributed by atoms with Crippen LogP contribution in [0.15, 0.2) is 77.2 Å². The van der Waals surface area contributed by atoms with E-state index in [-0.39, 0.29) is 18.0 Å². The molecule has 0 bridgehead atoms. The molecule has 0 aliphatic heterocycles. The molecule has 3 heterocycles. The van der Waals surface area contributed by atoms with Crippen LogP contribution in [0.5, 0.6) is 0 Å². The van der Waals surface area contributed by atoms with Gasteiger partial charge in [0.05, 0.1) is 17.6 Å². The summed E-state index contributed by atoms with van der Waals surface area (Å²) in [5.74, 6) is 0.214. The van der Waals surface area contributed by atoms with Crippen molar-refractivity contribution in [2.24, 2.45) is 0 Å². The Morgan fingerprint density at radius 2 is 1.59 bits per heavy atom. The molecule has 0 spiro atoms. The van der Waals surface area contributed by atoms with Crippen molar-refractivity contribution in [2.45, 2.75) is 6.92 Å². The highest BCUT2D eigenvalue weighted by Gasteiger charge is 2.25. The molecule has 3 aromatic heterocycles. The Labute approximate surface area is 193 Å². The lowest BCUT2D eigenvalue weighted by Gasteiger charge is -2.08. The maximum absolute atomic E-state index is 12.8. The number of anilines is 1. The fourth-order valence-electron chi connectivity index (χ4n) is 4.08. The minimum absolute atomic E-state index is 0.207. The molecule has 3 aromatic carbocycles. The Balaban J connectivity index is 1.52. The molecule has 166 valence electrons. The predicted octanol–water partition coefficient (Wildman–Crippen LogP) is 5.14. The summed E-state index contributed by atoms with van der Waals surface area (Å²) in [6.45, 7) is 1.98. The SMILES string of the molecule is CCOC(=O)c1c(N)n(-c2ccc(-c3nc4ccccc4o3)cc2)c2nc3ccccc3nc12. The predicted molar refractivity (Wildman–Crippen MR) is 130 cm³/mol. The third kappa shape index (κ3) is 3.07. The molecule has 0 fully saturated rings. The van der Waals surface area contributed by atoms with E-state index in [0.717, 1.165) is 22.4 Å². The second kappa shape index (κ2) is 7.70. The quantitative estimate of drug-likeness (QED) is 0.371. The molecule has 8 nitrogen and oxygen atoms in total. The largest absolute Gasteiger partial charge is 0.462 e. The van der Waals surface area contributed by atoms with Crippen molar-refractivity contribution in [3.05, 3.63) is 78.4 Å². The normalized spacial score (nSPS) is 11.4. The van der Waals surface area contributed by atoms with E-state index in [2.05, 4.69) is 9.97 Å². The third-order valence-electron chi connectivity index (χ3n) is 5.64. The first-order chi connectivity index (χ1) is 16.6. The van der Waals surface area contributed by atoms with Crippen LogP contribution in [0.25, 0.3) is 50.4 Å². The van der Waals surface area contributed by atoms with Crippen molar-refractivity contribution in [3.8, 4) is 17.1 Å². The van der Waals surface area contributed by atoms with Gasteiger partial charge < -0.3 is 14.9 Å². The number of ether oxygens (including phenoxy) is 1. The molecule has 0 amide bonds. The number of hydrogen-bond acceptors (Lipinski definition) is 7. The van der Waals surface area contributed by atoms with Crippen LogP contribution in [-0.4, -0.2) is 32.1 Å². The summed E-state index contributed by atoms with van der Waals surface area (Å²) in [4.78, 5) is 26.8. The summed E-state index contributed by atoms with van der Waals surface area (Å²) in [5.41, 5.74) is 12.0. The van der Waals surface area contributed by atoms with Crippen LogP contribution in [0.3, 0.4) is 0 Å². The second-order valence-corrected chi connectivity index (χ2v) is 7.73. The molecule has 34 heavy (non-hydrogen) atoms. The molecular formula is C26H19N5O3. The lowest BCUT2D eigenvalue weighted by atomic mass is 10.2. The summed E-state index contributed by atoms with van der Waals surface area (Å²) in [6, 6.07) is 22.6. The fourth-order valence-corrected chi connectivity index (χ4v) is 4.08. The van der Waals surface area contributed by atoms with Gasteiger partial charge in [-0.1, -0.05) is 24.3 Å². The van der Waals surface area contributed by atoms with Gasteiger partial charge >= 0.3 is 5.97 Å². The average molecular weight is 449 g/mol. The molecule has 0 radical (unpaired) electrons. The van der Waals surface area contributed by atoms with Crippen molar-refractivity contribution in [2.75, 3.05) is 12.3 Å². The number of carbonyl (C=O) groups is 1. The highest BCUT2D eigenvalue weighted by Crippen LogP contribution is 2.32. The molecule has 2 N–H and O–H groups in total. The van der Waals surface area contributed by atoms with Crippen LogP contribution in [0.4, 0.5) is 5.82 Å². The molecule has 0 aliphatic carbocycles. The zero-order chi connectivity index (χ0) is 23.2.